The van der Waals surface area contributed by atoms with E-state index >= 15 is 0 Å². The van der Waals surface area contributed by atoms with Gasteiger partial charge in [-0.3, -0.25) is 4.79 Å². The molecule has 4 nitrogen and oxygen atoms in total. The van der Waals surface area contributed by atoms with Gasteiger partial charge >= 0.3 is 12.1 Å². The van der Waals surface area contributed by atoms with E-state index < -0.39 is 17.7 Å². The summed E-state index contributed by atoms with van der Waals surface area (Å²) in [4.78, 5) is 13.3. The van der Waals surface area contributed by atoms with Crippen LogP contribution in [0.3, 0.4) is 0 Å². The molecule has 2 unspecified atom stereocenters. The molecule has 2 rings (SSSR count). The van der Waals surface area contributed by atoms with Crippen LogP contribution in [0.25, 0.3) is 0 Å². The second kappa shape index (κ2) is 8.56. The molecule has 1 N–H and O–H groups in total. The number of carbonyl (C=O) groups is 1. The quantitative estimate of drug-likeness (QED) is 0.750. The summed E-state index contributed by atoms with van der Waals surface area (Å²) >= 11 is 0. The van der Waals surface area contributed by atoms with Crippen molar-refractivity contribution in [1.29, 1.82) is 0 Å². The molecule has 0 saturated carbocycles. The molecule has 140 valence electrons. The van der Waals surface area contributed by atoms with Crippen LogP contribution in [0, 0.1) is 11.8 Å². The van der Waals surface area contributed by atoms with Crippen molar-refractivity contribution in [2.75, 3.05) is 26.2 Å². The first kappa shape index (κ1) is 19.6. The van der Waals surface area contributed by atoms with Crippen LogP contribution in [0.2, 0.25) is 0 Å². The van der Waals surface area contributed by atoms with Crippen LogP contribution in [0.4, 0.5) is 13.2 Å². The molecule has 1 saturated heterocycles. The van der Waals surface area contributed by atoms with Gasteiger partial charge in [0.05, 0.1) is 18.1 Å². The van der Waals surface area contributed by atoms with E-state index in [0.29, 0.717) is 31.9 Å². The number of halogens is 3. The number of aliphatic carboxylic acids is 1. The van der Waals surface area contributed by atoms with Crippen molar-refractivity contribution < 1.29 is 27.8 Å². The fourth-order valence-electron chi connectivity index (χ4n) is 3.21. The van der Waals surface area contributed by atoms with Crippen molar-refractivity contribution in [2.24, 2.45) is 11.8 Å². The Labute approximate surface area is 145 Å². The predicted molar refractivity (Wildman–Crippen MR) is 87.5 cm³/mol. The Kier molecular flexibility index (Phi) is 6.70. The van der Waals surface area contributed by atoms with E-state index in [0.717, 1.165) is 31.6 Å². The van der Waals surface area contributed by atoms with E-state index in [4.69, 9.17) is 9.84 Å². The average Bonchev–Trinajstić information content (AvgIpc) is 2.53. The minimum Gasteiger partial charge on any atom is -0.494 e. The highest BCUT2D eigenvalue weighted by atomic mass is 19.4. The first-order chi connectivity index (χ1) is 11.8. The normalized spacial score (nSPS) is 21.9. The number of ether oxygens (including phenoxy) is 1. The lowest BCUT2D eigenvalue weighted by Gasteiger charge is -2.34. The van der Waals surface area contributed by atoms with Gasteiger partial charge in [0.15, 0.2) is 0 Å². The number of piperidine rings is 1. The van der Waals surface area contributed by atoms with Gasteiger partial charge in [-0.05, 0) is 49.9 Å². The summed E-state index contributed by atoms with van der Waals surface area (Å²) in [5.74, 6) is -0.488. The number of hydrogen-bond donors (Lipinski definition) is 1. The lowest BCUT2D eigenvalue weighted by Crippen LogP contribution is -2.42. The molecule has 25 heavy (non-hydrogen) atoms. The second-order valence-corrected chi connectivity index (χ2v) is 6.72. The summed E-state index contributed by atoms with van der Waals surface area (Å²) in [6.45, 7) is 4.62. The summed E-state index contributed by atoms with van der Waals surface area (Å²) in [7, 11) is 0. The van der Waals surface area contributed by atoms with Crippen LogP contribution in [-0.4, -0.2) is 42.2 Å². The highest BCUT2D eigenvalue weighted by Gasteiger charge is 2.31. The highest BCUT2D eigenvalue weighted by molar-refractivity contribution is 5.70. The topological polar surface area (TPSA) is 49.8 Å². The third-order valence-corrected chi connectivity index (χ3v) is 4.38. The van der Waals surface area contributed by atoms with Crippen molar-refractivity contribution in [3.05, 3.63) is 29.8 Å². The maximum Gasteiger partial charge on any atom is 0.416 e. The lowest BCUT2D eigenvalue weighted by molar-refractivity contribution is -0.144. The molecule has 1 aromatic carbocycles. The number of alkyl halides is 3. The molecular formula is C18H24F3NO3. The highest BCUT2D eigenvalue weighted by Crippen LogP contribution is 2.31. The number of rotatable bonds is 7. The molecule has 1 aliphatic heterocycles. The molecule has 7 heteroatoms. The van der Waals surface area contributed by atoms with Crippen molar-refractivity contribution >= 4 is 5.97 Å². The third-order valence-electron chi connectivity index (χ3n) is 4.38. The number of carboxylic acid groups (broad SMARTS) is 1. The van der Waals surface area contributed by atoms with Gasteiger partial charge in [0, 0.05) is 13.1 Å². The van der Waals surface area contributed by atoms with Crippen LogP contribution in [-0.2, 0) is 11.0 Å². The molecule has 1 heterocycles. The zero-order valence-electron chi connectivity index (χ0n) is 14.3. The number of likely N-dealkylation sites (tertiary alicyclic amines) is 1. The van der Waals surface area contributed by atoms with E-state index in [9.17, 15) is 18.0 Å². The molecule has 1 fully saturated rings. The van der Waals surface area contributed by atoms with E-state index in [1.807, 2.05) is 0 Å². The molecule has 0 spiro atoms. The van der Waals surface area contributed by atoms with Gasteiger partial charge in [0.25, 0.3) is 0 Å². The summed E-state index contributed by atoms with van der Waals surface area (Å²) in [6.07, 6.45) is -2.13. The molecule has 0 radical (unpaired) electrons. The van der Waals surface area contributed by atoms with Gasteiger partial charge in [-0.15, -0.1) is 0 Å². The fourth-order valence-corrected chi connectivity index (χ4v) is 3.21. The lowest BCUT2D eigenvalue weighted by atomic mass is 9.90. The Bertz CT molecular complexity index is 577. The van der Waals surface area contributed by atoms with Crippen molar-refractivity contribution in [1.82, 2.24) is 4.90 Å². The number of carboxylic acids is 1. The molecule has 2 atom stereocenters. The zero-order chi connectivity index (χ0) is 18.4. The van der Waals surface area contributed by atoms with Crippen molar-refractivity contribution in [3.8, 4) is 5.75 Å². The molecule has 1 aliphatic rings. The Morgan fingerprint density at radius 1 is 1.32 bits per heavy atom. The van der Waals surface area contributed by atoms with E-state index in [1.54, 1.807) is 0 Å². The minimum absolute atomic E-state index is 0.215. The maximum absolute atomic E-state index is 12.6. The molecule has 0 aliphatic carbocycles. The van der Waals surface area contributed by atoms with Gasteiger partial charge in [-0.2, -0.15) is 13.2 Å². The predicted octanol–water partition coefficient (Wildman–Crippen LogP) is 3.91. The van der Waals surface area contributed by atoms with Gasteiger partial charge in [-0.1, -0.05) is 13.0 Å². The minimum atomic E-state index is -4.37. The van der Waals surface area contributed by atoms with Crippen LogP contribution in [0.5, 0.6) is 5.75 Å². The van der Waals surface area contributed by atoms with Gasteiger partial charge in [0.2, 0.25) is 0 Å². The first-order valence-electron chi connectivity index (χ1n) is 8.51. The Hall–Kier alpha value is -1.76. The van der Waals surface area contributed by atoms with Gasteiger partial charge in [-0.25, -0.2) is 0 Å². The first-order valence-corrected chi connectivity index (χ1v) is 8.51. The smallest absolute Gasteiger partial charge is 0.416 e. The SMILES string of the molecule is CC1CC(C(=O)O)CN(CCCCOc2cccc(C(F)(F)F)c2)C1. The fraction of sp³-hybridized carbons (Fsp3) is 0.611. The molecule has 0 amide bonds. The van der Waals surface area contributed by atoms with E-state index in [1.165, 1.54) is 12.1 Å². The molecule has 0 aromatic heterocycles. The van der Waals surface area contributed by atoms with Crippen LogP contribution in [0.1, 0.15) is 31.7 Å². The Morgan fingerprint density at radius 3 is 2.76 bits per heavy atom. The summed E-state index contributed by atoms with van der Waals surface area (Å²) in [5.41, 5.74) is -0.716. The maximum atomic E-state index is 12.6. The average molecular weight is 359 g/mol. The van der Waals surface area contributed by atoms with Crippen molar-refractivity contribution in [2.45, 2.75) is 32.4 Å². The van der Waals surface area contributed by atoms with Crippen LogP contribution in [0.15, 0.2) is 24.3 Å². The summed E-state index contributed by atoms with van der Waals surface area (Å²) in [6, 6.07) is 4.87. The standard InChI is InChI=1S/C18H24F3NO3/c1-13-9-14(17(23)24)12-22(11-13)7-2-3-8-25-16-6-4-5-15(10-16)18(19,20)21/h4-6,10,13-14H,2-3,7-9,11-12H2,1H3,(H,23,24). The number of unbranched alkanes of at least 4 members (excludes halogenated alkanes) is 1. The second-order valence-electron chi connectivity index (χ2n) is 6.72. The van der Waals surface area contributed by atoms with E-state index in [2.05, 4.69) is 11.8 Å². The number of hydrogen-bond acceptors (Lipinski definition) is 3. The monoisotopic (exact) mass is 359 g/mol. The number of benzene rings is 1. The molecule has 0 bridgehead atoms. The largest absolute Gasteiger partial charge is 0.494 e. The van der Waals surface area contributed by atoms with Gasteiger partial charge in [0.1, 0.15) is 5.75 Å². The van der Waals surface area contributed by atoms with Crippen LogP contribution >= 0.6 is 0 Å². The number of nitrogens with zero attached hydrogens (tertiary/aromatic N) is 1. The van der Waals surface area contributed by atoms with Gasteiger partial charge < -0.3 is 14.7 Å². The molecule has 1 aromatic rings. The third kappa shape index (κ3) is 6.23. The molecular weight excluding hydrogens is 335 g/mol. The Morgan fingerprint density at radius 2 is 2.08 bits per heavy atom. The van der Waals surface area contributed by atoms with E-state index in [-0.39, 0.29) is 11.7 Å². The zero-order valence-corrected chi connectivity index (χ0v) is 14.3. The Balaban J connectivity index is 1.70. The summed E-state index contributed by atoms with van der Waals surface area (Å²) < 4.78 is 43.3. The summed E-state index contributed by atoms with van der Waals surface area (Å²) in [5, 5.41) is 9.16. The van der Waals surface area contributed by atoms with Crippen LogP contribution < -0.4 is 4.74 Å². The van der Waals surface area contributed by atoms with Crippen molar-refractivity contribution in [3.63, 3.8) is 0 Å².